The van der Waals surface area contributed by atoms with Crippen LogP contribution in [0, 0.1) is 0 Å². The number of hydrogen-bond acceptors (Lipinski definition) is 3. The highest BCUT2D eigenvalue weighted by Gasteiger charge is 2.19. The van der Waals surface area contributed by atoms with E-state index in [0.29, 0.717) is 15.7 Å². The van der Waals surface area contributed by atoms with Crippen LogP contribution in [0.4, 0.5) is 0 Å². The van der Waals surface area contributed by atoms with Crippen LogP contribution in [0.25, 0.3) is 0 Å². The molecule has 2 aromatic rings. The maximum absolute atomic E-state index is 12.2. The van der Waals surface area contributed by atoms with Crippen LogP contribution >= 0.6 is 23.2 Å². The third kappa shape index (κ3) is 2.80. The van der Waals surface area contributed by atoms with Crippen LogP contribution in [0.2, 0.25) is 10.0 Å². The first kappa shape index (κ1) is 14.0. The summed E-state index contributed by atoms with van der Waals surface area (Å²) >= 11 is 12.2. The number of Topliss-reactive ketones (excluding diaryl/α,β-unsaturated/α-hetero) is 1. The minimum Gasteiger partial charge on any atom is -0.292 e. The number of rotatable bonds is 4. The number of pyridine rings is 1. The molecule has 0 aromatic carbocycles. The molecule has 0 aliphatic carbocycles. The summed E-state index contributed by atoms with van der Waals surface area (Å²) in [5.74, 6) is -0.168. The summed E-state index contributed by atoms with van der Waals surface area (Å²) in [5.41, 5.74) is 1.74. The van der Waals surface area contributed by atoms with E-state index < -0.39 is 0 Å². The van der Waals surface area contributed by atoms with Gasteiger partial charge in [0.2, 0.25) is 0 Å². The quantitative estimate of drug-likeness (QED) is 0.815. The SMILES string of the molecule is CCc1nn(C)c(CC(=O)c2ncccc2Cl)c1Cl. The van der Waals surface area contributed by atoms with Crippen LogP contribution in [-0.2, 0) is 19.9 Å². The molecule has 4 nitrogen and oxygen atoms in total. The number of aromatic nitrogens is 3. The van der Waals surface area contributed by atoms with E-state index in [4.69, 9.17) is 23.2 Å². The molecule has 0 amide bonds. The molecule has 0 spiro atoms. The minimum absolute atomic E-state index is 0.138. The number of ketones is 1. The second kappa shape index (κ2) is 5.72. The van der Waals surface area contributed by atoms with Crippen molar-refractivity contribution in [2.75, 3.05) is 0 Å². The Labute approximate surface area is 121 Å². The zero-order chi connectivity index (χ0) is 14.0. The van der Waals surface area contributed by atoms with Crippen LogP contribution in [0.1, 0.15) is 28.8 Å². The van der Waals surface area contributed by atoms with Crippen LogP contribution in [0.15, 0.2) is 18.3 Å². The number of halogens is 2. The van der Waals surface area contributed by atoms with Gasteiger partial charge in [0.25, 0.3) is 0 Å². The van der Waals surface area contributed by atoms with Gasteiger partial charge in [-0.1, -0.05) is 30.1 Å². The van der Waals surface area contributed by atoms with Crippen molar-refractivity contribution in [3.05, 3.63) is 45.5 Å². The van der Waals surface area contributed by atoms with E-state index in [-0.39, 0.29) is 17.9 Å². The zero-order valence-electron chi connectivity index (χ0n) is 10.7. The fourth-order valence-corrected chi connectivity index (χ4v) is 2.43. The van der Waals surface area contributed by atoms with Crippen molar-refractivity contribution in [1.82, 2.24) is 14.8 Å². The molecule has 0 unspecified atom stereocenters. The van der Waals surface area contributed by atoms with Gasteiger partial charge in [0.1, 0.15) is 5.69 Å². The first-order chi connectivity index (χ1) is 9.04. The molecule has 0 saturated heterocycles. The van der Waals surface area contributed by atoms with Crippen molar-refractivity contribution in [3.63, 3.8) is 0 Å². The van der Waals surface area contributed by atoms with E-state index in [1.54, 1.807) is 30.1 Å². The standard InChI is InChI=1S/C13H13Cl2N3O/c1-3-9-12(15)10(18(2)17-9)7-11(19)13-8(14)5-4-6-16-13/h4-6H,3,7H2,1-2H3. The predicted octanol–water partition coefficient (Wildman–Crippen LogP) is 3.11. The topological polar surface area (TPSA) is 47.8 Å². The lowest BCUT2D eigenvalue weighted by Crippen LogP contribution is -2.10. The van der Waals surface area contributed by atoms with Gasteiger partial charge in [0.15, 0.2) is 5.78 Å². The van der Waals surface area contributed by atoms with Gasteiger partial charge in [-0.3, -0.25) is 14.5 Å². The molecular weight excluding hydrogens is 285 g/mol. The number of carbonyl (C=O) groups excluding carboxylic acids is 1. The van der Waals surface area contributed by atoms with Gasteiger partial charge in [0.05, 0.1) is 27.9 Å². The third-order valence-electron chi connectivity index (χ3n) is 2.85. The van der Waals surface area contributed by atoms with Gasteiger partial charge >= 0.3 is 0 Å². The summed E-state index contributed by atoms with van der Waals surface area (Å²) < 4.78 is 1.63. The molecule has 0 saturated carbocycles. The van der Waals surface area contributed by atoms with Gasteiger partial charge in [-0.25, -0.2) is 0 Å². The molecule has 0 bridgehead atoms. The van der Waals surface area contributed by atoms with E-state index in [1.807, 2.05) is 6.92 Å². The predicted molar refractivity (Wildman–Crippen MR) is 74.9 cm³/mol. The summed E-state index contributed by atoms with van der Waals surface area (Å²) in [5, 5.41) is 5.17. The summed E-state index contributed by atoms with van der Waals surface area (Å²) in [7, 11) is 1.77. The molecule has 0 atom stereocenters. The molecule has 100 valence electrons. The second-order valence-corrected chi connectivity index (χ2v) is 4.90. The van der Waals surface area contributed by atoms with Crippen molar-refractivity contribution in [2.24, 2.45) is 7.05 Å². The molecule has 0 aliphatic heterocycles. The zero-order valence-corrected chi connectivity index (χ0v) is 12.2. The lowest BCUT2D eigenvalue weighted by atomic mass is 10.1. The Kier molecular flexibility index (Phi) is 4.22. The Morgan fingerprint density at radius 1 is 1.42 bits per heavy atom. The Morgan fingerprint density at radius 3 is 2.74 bits per heavy atom. The van der Waals surface area contributed by atoms with Gasteiger partial charge < -0.3 is 0 Å². The van der Waals surface area contributed by atoms with Crippen LogP contribution in [0.5, 0.6) is 0 Å². The highest BCUT2D eigenvalue weighted by Crippen LogP contribution is 2.23. The minimum atomic E-state index is -0.168. The number of aryl methyl sites for hydroxylation is 2. The van der Waals surface area contributed by atoms with E-state index in [2.05, 4.69) is 10.1 Å². The van der Waals surface area contributed by atoms with Crippen molar-refractivity contribution in [1.29, 1.82) is 0 Å². The van der Waals surface area contributed by atoms with Crippen LogP contribution in [-0.4, -0.2) is 20.5 Å². The number of carbonyl (C=O) groups is 1. The average Bonchev–Trinajstić information content (AvgIpc) is 2.66. The first-order valence-corrected chi connectivity index (χ1v) is 6.64. The second-order valence-electron chi connectivity index (χ2n) is 4.12. The van der Waals surface area contributed by atoms with E-state index in [9.17, 15) is 4.79 Å². The summed E-state index contributed by atoms with van der Waals surface area (Å²) in [6.07, 6.45) is 2.41. The Morgan fingerprint density at radius 2 is 2.16 bits per heavy atom. The normalized spacial score (nSPS) is 10.7. The lowest BCUT2D eigenvalue weighted by Gasteiger charge is -2.03. The Bertz CT molecular complexity index is 622. The average molecular weight is 298 g/mol. The van der Waals surface area contributed by atoms with E-state index >= 15 is 0 Å². The largest absolute Gasteiger partial charge is 0.292 e. The lowest BCUT2D eigenvalue weighted by molar-refractivity contribution is 0.0986. The fourth-order valence-electron chi connectivity index (χ4n) is 1.84. The molecular formula is C13H13Cl2N3O. The molecule has 6 heteroatoms. The Hall–Kier alpha value is -1.39. The van der Waals surface area contributed by atoms with Crippen LogP contribution < -0.4 is 0 Å². The van der Waals surface area contributed by atoms with Gasteiger partial charge in [0, 0.05) is 13.2 Å². The van der Waals surface area contributed by atoms with Crippen molar-refractivity contribution in [2.45, 2.75) is 19.8 Å². The third-order valence-corrected chi connectivity index (χ3v) is 3.59. The number of nitrogens with zero attached hydrogens (tertiary/aromatic N) is 3. The van der Waals surface area contributed by atoms with Gasteiger partial charge in [-0.05, 0) is 18.6 Å². The first-order valence-electron chi connectivity index (χ1n) is 5.88. The maximum Gasteiger partial charge on any atom is 0.188 e. The molecule has 0 radical (unpaired) electrons. The maximum atomic E-state index is 12.2. The Balaban J connectivity index is 2.30. The van der Waals surface area contributed by atoms with Crippen molar-refractivity contribution in [3.8, 4) is 0 Å². The molecule has 0 N–H and O–H groups in total. The molecule has 2 aromatic heterocycles. The van der Waals surface area contributed by atoms with Gasteiger partial charge in [-0.15, -0.1) is 0 Å². The fraction of sp³-hybridized carbons (Fsp3) is 0.308. The smallest absolute Gasteiger partial charge is 0.188 e. The monoisotopic (exact) mass is 297 g/mol. The summed E-state index contributed by atoms with van der Waals surface area (Å²) in [6, 6.07) is 3.33. The summed E-state index contributed by atoms with van der Waals surface area (Å²) in [4.78, 5) is 16.2. The number of hydrogen-bond donors (Lipinski definition) is 0. The van der Waals surface area contributed by atoms with Gasteiger partial charge in [-0.2, -0.15) is 5.10 Å². The van der Waals surface area contributed by atoms with Crippen molar-refractivity contribution < 1.29 is 4.79 Å². The highest BCUT2D eigenvalue weighted by atomic mass is 35.5. The van der Waals surface area contributed by atoms with Crippen LogP contribution in [0.3, 0.4) is 0 Å². The summed E-state index contributed by atoms with van der Waals surface area (Å²) in [6.45, 7) is 1.97. The molecule has 0 fully saturated rings. The molecule has 2 rings (SSSR count). The van der Waals surface area contributed by atoms with E-state index in [0.717, 1.165) is 12.1 Å². The molecule has 2 heterocycles. The molecule has 19 heavy (non-hydrogen) atoms. The molecule has 0 aliphatic rings. The van der Waals surface area contributed by atoms with E-state index in [1.165, 1.54) is 0 Å². The highest BCUT2D eigenvalue weighted by molar-refractivity contribution is 6.34. The van der Waals surface area contributed by atoms with Crippen molar-refractivity contribution >= 4 is 29.0 Å².